The Morgan fingerprint density at radius 2 is 1.52 bits per heavy atom. The van der Waals surface area contributed by atoms with Crippen LogP contribution in [0.25, 0.3) is 0 Å². The van der Waals surface area contributed by atoms with Gasteiger partial charge in [0.15, 0.2) is 0 Å². The van der Waals surface area contributed by atoms with Gasteiger partial charge in [-0.3, -0.25) is 20.3 Å². The second-order valence-corrected chi connectivity index (χ2v) is 10.7. The van der Waals surface area contributed by atoms with E-state index >= 15 is 0 Å². The topological polar surface area (TPSA) is 83.1 Å². The van der Waals surface area contributed by atoms with Crippen LogP contribution >= 0.6 is 0 Å². The van der Waals surface area contributed by atoms with E-state index in [0.717, 1.165) is 38.6 Å². The van der Waals surface area contributed by atoms with Crippen LogP contribution < -0.4 is 10.6 Å². The predicted molar refractivity (Wildman–Crippen MR) is 120 cm³/mol. The number of nitrogens with one attached hydrogen (secondary N) is 2. The quantitative estimate of drug-likeness (QED) is 0.610. The molecule has 0 aromatic rings. The molecule has 4 fully saturated rings. The number of carbonyl (C=O) groups is 1. The van der Waals surface area contributed by atoms with Gasteiger partial charge in [0.05, 0.1) is 12.2 Å². The minimum atomic E-state index is -0.661. The van der Waals surface area contributed by atoms with Gasteiger partial charge in [0.1, 0.15) is 12.3 Å². The number of fused-ring (bicyclic) bond motifs is 1. The number of methoxy groups -OCH3 is 2. The first-order valence-electron chi connectivity index (χ1n) is 12.5. The Morgan fingerprint density at radius 3 is 2.10 bits per heavy atom. The molecule has 4 aliphatic rings. The fourth-order valence-electron chi connectivity index (χ4n) is 7.40. The van der Waals surface area contributed by atoms with E-state index < -0.39 is 12.0 Å². The third-order valence-corrected chi connectivity index (χ3v) is 8.70. The van der Waals surface area contributed by atoms with Crippen molar-refractivity contribution in [2.45, 2.75) is 102 Å². The Bertz CT molecular complexity index is 604. The number of rotatable bonds is 5. The maximum absolute atomic E-state index is 12.8. The largest absolute Gasteiger partial charge is 0.480 e. The standard InChI is InChI=1S/C24H43N3O4/c1-14-10-15(2)26-24(25-14)27-13-17-11-19(30-3)20(31-4)12-18(17)21(22(27)23(28)29)16-8-6-5-7-9-16/h14-22,24-26H,5-13H2,1-4H3,(H,28,29). The summed E-state index contributed by atoms with van der Waals surface area (Å²) in [7, 11) is 3.55. The third kappa shape index (κ3) is 4.81. The summed E-state index contributed by atoms with van der Waals surface area (Å²) in [5, 5.41) is 17.9. The molecule has 31 heavy (non-hydrogen) atoms. The number of likely N-dealkylation sites (tertiary alicyclic amines) is 1. The lowest BCUT2D eigenvalue weighted by atomic mass is 9.59. The predicted octanol–water partition coefficient (Wildman–Crippen LogP) is 2.65. The van der Waals surface area contributed by atoms with Crippen molar-refractivity contribution >= 4 is 5.97 Å². The first-order valence-corrected chi connectivity index (χ1v) is 12.5. The molecule has 0 amide bonds. The van der Waals surface area contributed by atoms with Gasteiger partial charge in [-0.05, 0) is 56.8 Å². The SMILES string of the molecule is COC1CC2CN(C3NC(C)CC(C)N3)C(C(=O)O)C(C3CCCCC3)C2CC1OC. The van der Waals surface area contributed by atoms with Crippen molar-refractivity contribution < 1.29 is 19.4 Å². The molecule has 2 heterocycles. The third-order valence-electron chi connectivity index (χ3n) is 8.70. The maximum atomic E-state index is 12.8. The Balaban J connectivity index is 1.67. The molecule has 7 nitrogen and oxygen atoms in total. The monoisotopic (exact) mass is 437 g/mol. The van der Waals surface area contributed by atoms with Gasteiger partial charge >= 0.3 is 5.97 Å². The summed E-state index contributed by atoms with van der Waals surface area (Å²) < 4.78 is 11.7. The molecule has 0 bridgehead atoms. The van der Waals surface area contributed by atoms with Gasteiger partial charge in [0, 0.05) is 32.8 Å². The van der Waals surface area contributed by atoms with Crippen LogP contribution in [0, 0.1) is 23.7 Å². The summed E-state index contributed by atoms with van der Waals surface area (Å²) in [5.41, 5.74) is 0. The fourth-order valence-corrected chi connectivity index (χ4v) is 7.40. The van der Waals surface area contributed by atoms with Crippen LogP contribution in [0.1, 0.15) is 65.2 Å². The summed E-state index contributed by atoms with van der Waals surface area (Å²) in [6, 6.07) is 0.290. The molecule has 8 unspecified atom stereocenters. The van der Waals surface area contributed by atoms with Crippen molar-refractivity contribution in [1.82, 2.24) is 15.5 Å². The first-order chi connectivity index (χ1) is 14.9. The highest BCUT2D eigenvalue weighted by molar-refractivity contribution is 5.74. The number of nitrogens with zero attached hydrogens (tertiary/aromatic N) is 1. The van der Waals surface area contributed by atoms with Crippen LogP contribution in [0.3, 0.4) is 0 Å². The van der Waals surface area contributed by atoms with E-state index in [0.29, 0.717) is 29.8 Å². The minimum Gasteiger partial charge on any atom is -0.480 e. The van der Waals surface area contributed by atoms with Crippen molar-refractivity contribution in [3.05, 3.63) is 0 Å². The summed E-state index contributed by atoms with van der Waals surface area (Å²) in [4.78, 5) is 15.1. The van der Waals surface area contributed by atoms with Crippen molar-refractivity contribution in [2.75, 3.05) is 20.8 Å². The zero-order valence-electron chi connectivity index (χ0n) is 19.8. The van der Waals surface area contributed by atoms with Crippen LogP contribution in [0.2, 0.25) is 0 Å². The average Bonchev–Trinajstić information content (AvgIpc) is 2.76. The molecule has 2 aliphatic heterocycles. The molecule has 2 aliphatic carbocycles. The minimum absolute atomic E-state index is 0.0595. The van der Waals surface area contributed by atoms with E-state index in [2.05, 4.69) is 29.4 Å². The van der Waals surface area contributed by atoms with Crippen LogP contribution in [-0.4, -0.2) is 73.4 Å². The summed E-state index contributed by atoms with van der Waals surface area (Å²) >= 11 is 0. The zero-order chi connectivity index (χ0) is 22.1. The van der Waals surface area contributed by atoms with Crippen molar-refractivity contribution in [2.24, 2.45) is 23.7 Å². The van der Waals surface area contributed by atoms with Gasteiger partial charge in [-0.25, -0.2) is 0 Å². The summed E-state index contributed by atoms with van der Waals surface area (Å²) in [6.07, 6.45) is 9.04. The summed E-state index contributed by atoms with van der Waals surface area (Å²) in [5.74, 6) is 0.819. The lowest BCUT2D eigenvalue weighted by molar-refractivity contribution is -0.173. The first kappa shape index (κ1) is 23.4. The van der Waals surface area contributed by atoms with E-state index in [4.69, 9.17) is 9.47 Å². The average molecular weight is 438 g/mol. The van der Waals surface area contributed by atoms with E-state index in [9.17, 15) is 9.90 Å². The molecule has 7 heteroatoms. The molecule has 0 spiro atoms. The Morgan fingerprint density at radius 1 is 0.903 bits per heavy atom. The Kier molecular flexibility index (Phi) is 7.59. The van der Waals surface area contributed by atoms with E-state index in [-0.39, 0.29) is 24.4 Å². The zero-order valence-corrected chi connectivity index (χ0v) is 19.8. The molecule has 178 valence electrons. The molecular formula is C24H43N3O4. The van der Waals surface area contributed by atoms with E-state index in [1.807, 2.05) is 0 Å². The molecule has 2 saturated carbocycles. The normalized spacial score (nSPS) is 45.2. The molecule has 0 radical (unpaired) electrons. The van der Waals surface area contributed by atoms with Gasteiger partial charge < -0.3 is 14.6 Å². The highest BCUT2D eigenvalue weighted by Gasteiger charge is 2.54. The lowest BCUT2D eigenvalue weighted by Gasteiger charge is -2.57. The van der Waals surface area contributed by atoms with Crippen molar-refractivity contribution in [3.63, 3.8) is 0 Å². The highest BCUT2D eigenvalue weighted by atomic mass is 16.5. The number of ether oxygens (including phenoxy) is 2. The molecule has 2 saturated heterocycles. The Hall–Kier alpha value is -0.730. The van der Waals surface area contributed by atoms with E-state index in [1.165, 1.54) is 19.3 Å². The number of hydrogen-bond donors (Lipinski definition) is 3. The van der Waals surface area contributed by atoms with Crippen molar-refractivity contribution in [1.29, 1.82) is 0 Å². The smallest absolute Gasteiger partial charge is 0.321 e. The number of carboxylic acids is 1. The fraction of sp³-hybridized carbons (Fsp3) is 0.958. The molecular weight excluding hydrogens is 394 g/mol. The molecule has 0 aromatic carbocycles. The number of aliphatic carboxylic acids is 1. The van der Waals surface area contributed by atoms with Crippen LogP contribution in [0.15, 0.2) is 0 Å². The number of carboxylic acid groups (broad SMARTS) is 1. The highest BCUT2D eigenvalue weighted by Crippen LogP contribution is 2.49. The molecule has 0 aromatic heterocycles. The summed E-state index contributed by atoms with van der Waals surface area (Å²) in [6.45, 7) is 5.21. The second kappa shape index (κ2) is 10.0. The van der Waals surface area contributed by atoms with E-state index in [1.54, 1.807) is 14.2 Å². The molecule has 4 rings (SSSR count). The van der Waals surface area contributed by atoms with Gasteiger partial charge in [-0.1, -0.05) is 32.1 Å². The van der Waals surface area contributed by atoms with Gasteiger partial charge in [0.25, 0.3) is 0 Å². The van der Waals surface area contributed by atoms with Crippen LogP contribution in [0.4, 0.5) is 0 Å². The van der Waals surface area contributed by atoms with Gasteiger partial charge in [-0.15, -0.1) is 0 Å². The van der Waals surface area contributed by atoms with Crippen molar-refractivity contribution in [3.8, 4) is 0 Å². The lowest BCUT2D eigenvalue weighted by Crippen LogP contribution is -2.72. The van der Waals surface area contributed by atoms with Crippen LogP contribution in [-0.2, 0) is 14.3 Å². The van der Waals surface area contributed by atoms with Crippen LogP contribution in [0.5, 0.6) is 0 Å². The Labute approximate surface area is 187 Å². The number of piperidine rings is 1. The maximum Gasteiger partial charge on any atom is 0.321 e. The molecule has 3 N–H and O–H groups in total. The van der Waals surface area contributed by atoms with Gasteiger partial charge in [0.2, 0.25) is 0 Å². The van der Waals surface area contributed by atoms with Gasteiger partial charge in [-0.2, -0.15) is 0 Å². The molecule has 8 atom stereocenters. The second-order valence-electron chi connectivity index (χ2n) is 10.7. The number of hydrogen-bond acceptors (Lipinski definition) is 6.